The lowest BCUT2D eigenvalue weighted by Crippen LogP contribution is -2.30. The standard InChI is InChI=1S/C84H164O17P2/c1-8-10-11-12-13-14-15-16-17-18-19-20-21-22-23-24-29-32-38-45-53-60-67-83(88)100-79(71-94-81(86)65-58-51-44-37-31-28-26-25-27-30-35-41-48-55-62-75(3)4)73-98-102(90,91)96-69-78(85)70-97-103(92,93)99-74-80(72-95-82(87)66-59-52-47-40-42-49-56-63-76(5)6)101-84(89)68-61-54-46-39-34-33-36-43-50-57-64-77(7)9-2/h75-80,85H,8-74H2,1-7H3,(H,90,91)(H,92,93)/t77?,78-,79-,80-/m1/s1. The molecule has 19 heteroatoms. The Morgan fingerprint density at radius 3 is 0.738 bits per heavy atom. The fourth-order valence-electron chi connectivity index (χ4n) is 13.0. The van der Waals surface area contributed by atoms with Crippen molar-refractivity contribution in [2.45, 2.75) is 458 Å². The number of hydrogen-bond acceptors (Lipinski definition) is 15. The molecule has 0 rings (SSSR count). The topological polar surface area (TPSA) is 237 Å². The van der Waals surface area contributed by atoms with Gasteiger partial charge in [0, 0.05) is 25.7 Å². The van der Waals surface area contributed by atoms with Crippen molar-refractivity contribution in [3.8, 4) is 0 Å². The molecule has 0 aliphatic carbocycles. The molecule has 103 heavy (non-hydrogen) atoms. The van der Waals surface area contributed by atoms with Crippen LogP contribution in [0.5, 0.6) is 0 Å². The number of hydrogen-bond donors (Lipinski definition) is 3. The molecule has 0 aromatic carbocycles. The van der Waals surface area contributed by atoms with Crippen LogP contribution in [-0.2, 0) is 65.4 Å². The van der Waals surface area contributed by atoms with Gasteiger partial charge in [-0.25, -0.2) is 9.13 Å². The van der Waals surface area contributed by atoms with Gasteiger partial charge in [0.1, 0.15) is 19.3 Å². The molecule has 0 amide bonds. The fourth-order valence-corrected chi connectivity index (χ4v) is 14.6. The number of rotatable bonds is 82. The van der Waals surface area contributed by atoms with Crippen LogP contribution in [0.4, 0.5) is 0 Å². The first-order chi connectivity index (χ1) is 49.8. The first-order valence-electron chi connectivity index (χ1n) is 43.4. The van der Waals surface area contributed by atoms with E-state index in [1.165, 1.54) is 244 Å². The van der Waals surface area contributed by atoms with Gasteiger partial charge in [-0.3, -0.25) is 37.3 Å². The summed E-state index contributed by atoms with van der Waals surface area (Å²) in [7, 11) is -9.92. The lowest BCUT2D eigenvalue weighted by Gasteiger charge is -2.21. The van der Waals surface area contributed by atoms with Gasteiger partial charge in [-0.05, 0) is 43.4 Å². The monoisotopic (exact) mass is 1510 g/mol. The van der Waals surface area contributed by atoms with Crippen LogP contribution >= 0.6 is 15.6 Å². The Hall–Kier alpha value is -1.94. The SMILES string of the molecule is CCCCCCCCCCCCCCCCCCCCCCCCC(=O)O[C@H](COC(=O)CCCCCCCCCCCCCCCCC(C)C)COP(=O)(O)OC[C@@H](O)COP(=O)(O)OC[C@@H](COC(=O)CCCCCCCCCC(C)C)OC(=O)CCCCCCCCCCCCC(C)CC. The number of phosphoric ester groups is 2. The zero-order valence-corrected chi connectivity index (χ0v) is 69.6. The number of aliphatic hydroxyl groups excluding tert-OH is 1. The highest BCUT2D eigenvalue weighted by molar-refractivity contribution is 7.47. The van der Waals surface area contributed by atoms with Gasteiger partial charge in [0.2, 0.25) is 0 Å². The lowest BCUT2D eigenvalue weighted by molar-refractivity contribution is -0.161. The molecule has 0 aromatic heterocycles. The number of carbonyl (C=O) groups excluding carboxylic acids is 4. The summed E-state index contributed by atoms with van der Waals surface area (Å²) in [5, 5.41) is 10.7. The van der Waals surface area contributed by atoms with Crippen LogP contribution in [0.15, 0.2) is 0 Å². The number of aliphatic hydroxyl groups is 1. The first-order valence-corrected chi connectivity index (χ1v) is 46.4. The van der Waals surface area contributed by atoms with E-state index in [2.05, 4.69) is 48.5 Å². The summed E-state index contributed by atoms with van der Waals surface area (Å²) in [5.41, 5.74) is 0. The Labute approximate surface area is 632 Å². The van der Waals surface area contributed by atoms with E-state index in [4.69, 9.17) is 37.0 Å². The van der Waals surface area contributed by atoms with Crippen LogP contribution in [0.1, 0.15) is 440 Å². The molecule has 17 nitrogen and oxygen atoms in total. The van der Waals surface area contributed by atoms with Gasteiger partial charge in [-0.1, -0.05) is 389 Å². The third kappa shape index (κ3) is 76.6. The maximum Gasteiger partial charge on any atom is 0.472 e. The minimum absolute atomic E-state index is 0.106. The van der Waals surface area contributed by atoms with Gasteiger partial charge in [0.15, 0.2) is 12.2 Å². The molecule has 3 unspecified atom stereocenters. The molecule has 0 radical (unpaired) electrons. The van der Waals surface area contributed by atoms with E-state index in [0.29, 0.717) is 31.6 Å². The quantitative estimate of drug-likeness (QED) is 0.0222. The Bertz CT molecular complexity index is 1990. The average Bonchev–Trinajstić information content (AvgIpc) is 0.924. The van der Waals surface area contributed by atoms with Crippen LogP contribution in [0, 0.1) is 17.8 Å². The molecule has 6 atom stereocenters. The van der Waals surface area contributed by atoms with Crippen molar-refractivity contribution in [2.75, 3.05) is 39.6 Å². The van der Waals surface area contributed by atoms with Crippen LogP contribution < -0.4 is 0 Å². The lowest BCUT2D eigenvalue weighted by atomic mass is 9.99. The number of ether oxygens (including phenoxy) is 4. The normalized spacial score (nSPS) is 14.2. The number of unbranched alkanes of at least 4 members (excludes halogenated alkanes) is 49. The predicted molar refractivity (Wildman–Crippen MR) is 423 cm³/mol. The molecule has 3 N–H and O–H groups in total. The number of esters is 4. The van der Waals surface area contributed by atoms with E-state index in [1.54, 1.807) is 0 Å². The van der Waals surface area contributed by atoms with Gasteiger partial charge in [0.05, 0.1) is 26.4 Å². The minimum Gasteiger partial charge on any atom is -0.462 e. The molecule has 0 saturated heterocycles. The smallest absolute Gasteiger partial charge is 0.462 e. The fraction of sp³-hybridized carbons (Fsp3) is 0.952. The Morgan fingerprint density at radius 1 is 0.282 bits per heavy atom. The second kappa shape index (κ2) is 74.2. The van der Waals surface area contributed by atoms with Crippen molar-refractivity contribution < 1.29 is 80.2 Å². The Kier molecular flexibility index (Phi) is 72.8. The minimum atomic E-state index is -4.96. The summed E-state index contributed by atoms with van der Waals surface area (Å²) < 4.78 is 68.8. The van der Waals surface area contributed by atoms with Gasteiger partial charge in [0.25, 0.3) is 0 Å². The zero-order chi connectivity index (χ0) is 75.8. The maximum absolute atomic E-state index is 13.1. The molecular formula is C84H164O17P2. The van der Waals surface area contributed by atoms with Crippen molar-refractivity contribution in [3.05, 3.63) is 0 Å². The van der Waals surface area contributed by atoms with Gasteiger partial charge < -0.3 is 33.8 Å². The van der Waals surface area contributed by atoms with Crippen molar-refractivity contribution in [1.29, 1.82) is 0 Å². The summed E-state index contributed by atoms with van der Waals surface area (Å²) in [6.45, 7) is 11.9. The average molecular weight is 1510 g/mol. The van der Waals surface area contributed by atoms with Crippen LogP contribution in [-0.4, -0.2) is 96.7 Å². The summed E-state index contributed by atoms with van der Waals surface area (Å²) in [4.78, 5) is 73.1. The highest BCUT2D eigenvalue weighted by Crippen LogP contribution is 2.45. The van der Waals surface area contributed by atoms with Crippen molar-refractivity contribution in [3.63, 3.8) is 0 Å². The highest BCUT2D eigenvalue weighted by Gasteiger charge is 2.30. The molecule has 0 spiro atoms. The predicted octanol–water partition coefficient (Wildman–Crippen LogP) is 25.3. The maximum atomic E-state index is 13.1. The molecule has 0 aliphatic heterocycles. The van der Waals surface area contributed by atoms with Crippen LogP contribution in [0.2, 0.25) is 0 Å². The van der Waals surface area contributed by atoms with E-state index in [9.17, 15) is 43.2 Å². The zero-order valence-electron chi connectivity index (χ0n) is 67.8. The number of phosphoric acid groups is 2. The molecule has 0 saturated carbocycles. The molecular weight excluding hydrogens is 1340 g/mol. The third-order valence-electron chi connectivity index (χ3n) is 20.0. The molecule has 612 valence electrons. The first kappa shape index (κ1) is 101. The molecule has 0 aromatic rings. The van der Waals surface area contributed by atoms with Crippen LogP contribution in [0.3, 0.4) is 0 Å². The second-order valence-electron chi connectivity index (χ2n) is 31.4. The Balaban J connectivity index is 5.22. The van der Waals surface area contributed by atoms with Crippen LogP contribution in [0.25, 0.3) is 0 Å². The van der Waals surface area contributed by atoms with E-state index in [0.717, 1.165) is 108 Å². The Morgan fingerprint density at radius 2 is 0.495 bits per heavy atom. The van der Waals surface area contributed by atoms with Crippen molar-refractivity contribution in [2.24, 2.45) is 17.8 Å². The highest BCUT2D eigenvalue weighted by atomic mass is 31.2. The van der Waals surface area contributed by atoms with Gasteiger partial charge in [-0.2, -0.15) is 0 Å². The molecule has 0 fully saturated rings. The van der Waals surface area contributed by atoms with E-state index >= 15 is 0 Å². The molecule has 0 bridgehead atoms. The van der Waals surface area contributed by atoms with Crippen molar-refractivity contribution >= 4 is 39.5 Å². The van der Waals surface area contributed by atoms with Gasteiger partial charge >= 0.3 is 39.5 Å². The van der Waals surface area contributed by atoms with Gasteiger partial charge in [-0.15, -0.1) is 0 Å². The van der Waals surface area contributed by atoms with E-state index < -0.39 is 97.5 Å². The summed E-state index contributed by atoms with van der Waals surface area (Å²) >= 11 is 0. The van der Waals surface area contributed by atoms with E-state index in [-0.39, 0.29) is 25.7 Å². The second-order valence-corrected chi connectivity index (χ2v) is 34.3. The van der Waals surface area contributed by atoms with E-state index in [1.807, 2.05) is 0 Å². The summed E-state index contributed by atoms with van der Waals surface area (Å²) in [6, 6.07) is 0. The van der Waals surface area contributed by atoms with Crippen molar-refractivity contribution in [1.82, 2.24) is 0 Å². The molecule has 0 heterocycles. The largest absolute Gasteiger partial charge is 0.472 e. The summed E-state index contributed by atoms with van der Waals surface area (Å²) in [5.74, 6) is 0.197. The molecule has 0 aliphatic rings. The number of carbonyl (C=O) groups is 4. The summed E-state index contributed by atoms with van der Waals surface area (Å²) in [6.07, 6.45) is 64.0. The third-order valence-corrected chi connectivity index (χ3v) is 21.9.